The van der Waals surface area contributed by atoms with Crippen molar-refractivity contribution in [2.24, 2.45) is 0 Å². The molecule has 1 amide bonds. The summed E-state index contributed by atoms with van der Waals surface area (Å²) in [5.74, 6) is 0.0944. The summed E-state index contributed by atoms with van der Waals surface area (Å²) in [5.41, 5.74) is 7.62. The maximum atomic E-state index is 12.1. The van der Waals surface area contributed by atoms with E-state index < -0.39 is 0 Å². The van der Waals surface area contributed by atoms with Crippen LogP contribution in [0.1, 0.15) is 32.6 Å². The predicted molar refractivity (Wildman–Crippen MR) is 79.1 cm³/mol. The number of nitrogens with zero attached hydrogens (tertiary/aromatic N) is 1. The summed E-state index contributed by atoms with van der Waals surface area (Å²) in [5, 5.41) is 3.11. The standard InChI is InChI=1S/C15H23N3O/c1-2-18(14-10-6-5-9-13(14)16)11-15(19)17-12-7-3-4-8-12/h5-6,9-10,12H,2-4,7-8,11,16H2,1H3,(H,17,19). The van der Waals surface area contributed by atoms with Gasteiger partial charge in [-0.2, -0.15) is 0 Å². The van der Waals surface area contributed by atoms with E-state index in [0.717, 1.165) is 30.8 Å². The lowest BCUT2D eigenvalue weighted by Crippen LogP contribution is -2.41. The third-order valence-corrected chi connectivity index (χ3v) is 3.71. The third-order valence-electron chi connectivity index (χ3n) is 3.71. The van der Waals surface area contributed by atoms with Gasteiger partial charge in [0.25, 0.3) is 0 Å². The largest absolute Gasteiger partial charge is 0.397 e. The van der Waals surface area contributed by atoms with Gasteiger partial charge in [0.1, 0.15) is 0 Å². The molecule has 4 nitrogen and oxygen atoms in total. The smallest absolute Gasteiger partial charge is 0.239 e. The number of hydrogen-bond acceptors (Lipinski definition) is 3. The molecule has 0 saturated heterocycles. The van der Waals surface area contributed by atoms with Gasteiger partial charge in [-0.3, -0.25) is 4.79 Å². The van der Waals surface area contributed by atoms with Crippen LogP contribution in [-0.4, -0.2) is 25.0 Å². The van der Waals surface area contributed by atoms with E-state index in [1.807, 2.05) is 36.1 Å². The van der Waals surface area contributed by atoms with Crippen LogP contribution in [0.15, 0.2) is 24.3 Å². The van der Waals surface area contributed by atoms with Crippen molar-refractivity contribution < 1.29 is 4.79 Å². The molecule has 2 rings (SSSR count). The Balaban J connectivity index is 1.95. The minimum Gasteiger partial charge on any atom is -0.397 e. The Bertz CT molecular complexity index is 427. The quantitative estimate of drug-likeness (QED) is 0.799. The second kappa shape index (κ2) is 6.45. The predicted octanol–water partition coefficient (Wildman–Crippen LogP) is 2.15. The zero-order valence-electron chi connectivity index (χ0n) is 11.6. The summed E-state index contributed by atoms with van der Waals surface area (Å²) < 4.78 is 0. The molecular weight excluding hydrogens is 238 g/mol. The average Bonchev–Trinajstić information content (AvgIpc) is 2.89. The van der Waals surface area contributed by atoms with E-state index in [2.05, 4.69) is 5.32 Å². The van der Waals surface area contributed by atoms with Gasteiger partial charge in [0.05, 0.1) is 17.9 Å². The van der Waals surface area contributed by atoms with Crippen LogP contribution in [-0.2, 0) is 4.79 Å². The molecule has 0 radical (unpaired) electrons. The summed E-state index contributed by atoms with van der Waals surface area (Å²) in [4.78, 5) is 14.1. The molecule has 1 fully saturated rings. The lowest BCUT2D eigenvalue weighted by molar-refractivity contribution is -0.120. The fraction of sp³-hybridized carbons (Fsp3) is 0.533. The molecule has 0 atom stereocenters. The van der Waals surface area contributed by atoms with Gasteiger partial charge in [0, 0.05) is 12.6 Å². The van der Waals surface area contributed by atoms with Gasteiger partial charge in [0.2, 0.25) is 5.91 Å². The molecule has 0 unspecified atom stereocenters. The Morgan fingerprint density at radius 2 is 2.05 bits per heavy atom. The maximum absolute atomic E-state index is 12.1. The van der Waals surface area contributed by atoms with Crippen LogP contribution in [0.25, 0.3) is 0 Å². The molecule has 0 bridgehead atoms. The average molecular weight is 261 g/mol. The summed E-state index contributed by atoms with van der Waals surface area (Å²) in [6.45, 7) is 3.18. The van der Waals surface area contributed by atoms with Crippen LogP contribution in [0.5, 0.6) is 0 Å². The molecule has 1 aromatic rings. The number of rotatable bonds is 5. The Morgan fingerprint density at radius 3 is 2.68 bits per heavy atom. The first-order chi connectivity index (χ1) is 9.20. The molecule has 0 aromatic heterocycles. The van der Waals surface area contributed by atoms with Crippen molar-refractivity contribution in [1.82, 2.24) is 5.32 Å². The van der Waals surface area contributed by atoms with Crippen LogP contribution in [0, 0.1) is 0 Å². The number of para-hydroxylation sites is 2. The molecule has 1 saturated carbocycles. The number of nitrogens with two attached hydrogens (primary N) is 1. The van der Waals surface area contributed by atoms with Crippen molar-refractivity contribution in [1.29, 1.82) is 0 Å². The van der Waals surface area contributed by atoms with E-state index in [1.54, 1.807) is 0 Å². The third kappa shape index (κ3) is 3.63. The van der Waals surface area contributed by atoms with Gasteiger partial charge in [-0.25, -0.2) is 0 Å². The number of anilines is 2. The zero-order valence-corrected chi connectivity index (χ0v) is 11.6. The SMILES string of the molecule is CCN(CC(=O)NC1CCCC1)c1ccccc1N. The molecule has 0 heterocycles. The first-order valence-electron chi connectivity index (χ1n) is 7.09. The lowest BCUT2D eigenvalue weighted by atomic mass is 10.2. The van der Waals surface area contributed by atoms with Crippen LogP contribution >= 0.6 is 0 Å². The highest BCUT2D eigenvalue weighted by Gasteiger charge is 2.18. The fourth-order valence-corrected chi connectivity index (χ4v) is 2.66. The minimum absolute atomic E-state index is 0.0944. The Morgan fingerprint density at radius 1 is 1.37 bits per heavy atom. The minimum atomic E-state index is 0.0944. The number of amides is 1. The van der Waals surface area contributed by atoms with E-state index in [4.69, 9.17) is 5.73 Å². The number of carbonyl (C=O) groups is 1. The van der Waals surface area contributed by atoms with E-state index in [1.165, 1.54) is 12.8 Å². The summed E-state index contributed by atoms with van der Waals surface area (Å²) in [6, 6.07) is 8.06. The Kier molecular flexibility index (Phi) is 4.66. The molecule has 104 valence electrons. The number of benzene rings is 1. The number of nitrogens with one attached hydrogen (secondary N) is 1. The monoisotopic (exact) mass is 261 g/mol. The first-order valence-corrected chi connectivity index (χ1v) is 7.09. The lowest BCUT2D eigenvalue weighted by Gasteiger charge is -2.24. The Labute approximate surface area is 115 Å². The number of likely N-dealkylation sites (N-methyl/N-ethyl adjacent to an activating group) is 1. The van der Waals surface area contributed by atoms with Crippen molar-refractivity contribution in [2.45, 2.75) is 38.6 Å². The van der Waals surface area contributed by atoms with Crippen molar-refractivity contribution >= 4 is 17.3 Å². The molecular formula is C15H23N3O. The maximum Gasteiger partial charge on any atom is 0.239 e. The van der Waals surface area contributed by atoms with E-state index in [9.17, 15) is 4.79 Å². The van der Waals surface area contributed by atoms with Gasteiger partial charge in [0.15, 0.2) is 0 Å². The molecule has 1 aromatic carbocycles. The first kappa shape index (κ1) is 13.7. The van der Waals surface area contributed by atoms with Gasteiger partial charge in [-0.1, -0.05) is 25.0 Å². The Hall–Kier alpha value is -1.71. The topological polar surface area (TPSA) is 58.4 Å². The van der Waals surface area contributed by atoms with Gasteiger partial charge in [-0.15, -0.1) is 0 Å². The van der Waals surface area contributed by atoms with E-state index in [0.29, 0.717) is 12.6 Å². The molecule has 0 spiro atoms. The molecule has 0 aliphatic heterocycles. The van der Waals surface area contributed by atoms with Gasteiger partial charge >= 0.3 is 0 Å². The molecule has 3 N–H and O–H groups in total. The summed E-state index contributed by atoms with van der Waals surface area (Å²) >= 11 is 0. The van der Waals surface area contributed by atoms with Crippen LogP contribution < -0.4 is 16.0 Å². The molecule has 1 aliphatic rings. The van der Waals surface area contributed by atoms with Crippen molar-refractivity contribution in [2.75, 3.05) is 23.7 Å². The fourth-order valence-electron chi connectivity index (χ4n) is 2.66. The summed E-state index contributed by atoms with van der Waals surface area (Å²) in [6.07, 6.45) is 4.69. The molecule has 1 aliphatic carbocycles. The zero-order chi connectivity index (χ0) is 13.7. The number of nitrogen functional groups attached to an aromatic ring is 1. The highest BCUT2D eigenvalue weighted by Crippen LogP contribution is 2.22. The normalized spacial score (nSPS) is 15.4. The van der Waals surface area contributed by atoms with Crippen LogP contribution in [0.4, 0.5) is 11.4 Å². The molecule has 4 heteroatoms. The van der Waals surface area contributed by atoms with E-state index in [-0.39, 0.29) is 5.91 Å². The van der Waals surface area contributed by atoms with Crippen molar-refractivity contribution in [3.05, 3.63) is 24.3 Å². The number of carbonyl (C=O) groups excluding carboxylic acids is 1. The van der Waals surface area contributed by atoms with Crippen molar-refractivity contribution in [3.63, 3.8) is 0 Å². The second-order valence-corrected chi connectivity index (χ2v) is 5.12. The highest BCUT2D eigenvalue weighted by molar-refractivity contribution is 5.83. The van der Waals surface area contributed by atoms with E-state index >= 15 is 0 Å². The molecule has 19 heavy (non-hydrogen) atoms. The number of hydrogen-bond donors (Lipinski definition) is 2. The van der Waals surface area contributed by atoms with Crippen LogP contribution in [0.2, 0.25) is 0 Å². The highest BCUT2D eigenvalue weighted by atomic mass is 16.2. The van der Waals surface area contributed by atoms with Gasteiger partial charge in [-0.05, 0) is 31.9 Å². The summed E-state index contributed by atoms with van der Waals surface area (Å²) in [7, 11) is 0. The second-order valence-electron chi connectivity index (χ2n) is 5.12. The van der Waals surface area contributed by atoms with Crippen LogP contribution in [0.3, 0.4) is 0 Å². The van der Waals surface area contributed by atoms with Crippen molar-refractivity contribution in [3.8, 4) is 0 Å². The van der Waals surface area contributed by atoms with Gasteiger partial charge < -0.3 is 16.0 Å².